The zero-order chi connectivity index (χ0) is 13.9. The summed E-state index contributed by atoms with van der Waals surface area (Å²) in [6, 6.07) is 5.50. The second kappa shape index (κ2) is 6.27. The Morgan fingerprint density at radius 2 is 1.68 bits per heavy atom. The lowest BCUT2D eigenvalue weighted by molar-refractivity contribution is -0.137. The van der Waals surface area contributed by atoms with Crippen molar-refractivity contribution >= 4 is 15.9 Å². The Morgan fingerprint density at radius 1 is 1.11 bits per heavy atom. The van der Waals surface area contributed by atoms with E-state index in [1.807, 2.05) is 0 Å². The molecule has 0 atom stereocenters. The first kappa shape index (κ1) is 14.9. The summed E-state index contributed by atoms with van der Waals surface area (Å²) >= 11 is 3.50. The van der Waals surface area contributed by atoms with E-state index >= 15 is 0 Å². The van der Waals surface area contributed by atoms with E-state index < -0.39 is 11.7 Å². The molecule has 0 radical (unpaired) electrons. The quantitative estimate of drug-likeness (QED) is 0.744. The van der Waals surface area contributed by atoms with Crippen LogP contribution < -0.4 is 0 Å². The molecular formula is C14H17BrF3N. The number of rotatable bonds is 3. The molecule has 1 heterocycles. The van der Waals surface area contributed by atoms with Gasteiger partial charge in [-0.3, -0.25) is 4.90 Å². The normalized spacial score (nSPS) is 18.7. The van der Waals surface area contributed by atoms with Crippen LogP contribution in [0.25, 0.3) is 0 Å². The number of hydrogen-bond donors (Lipinski definition) is 0. The molecule has 0 unspecified atom stereocenters. The molecule has 2 rings (SSSR count). The van der Waals surface area contributed by atoms with Gasteiger partial charge in [0.05, 0.1) is 5.56 Å². The number of piperidine rings is 1. The van der Waals surface area contributed by atoms with Gasteiger partial charge in [-0.1, -0.05) is 28.1 Å². The molecule has 0 aromatic heterocycles. The van der Waals surface area contributed by atoms with Crippen LogP contribution in [0.5, 0.6) is 0 Å². The minimum atomic E-state index is -4.24. The topological polar surface area (TPSA) is 3.24 Å². The van der Waals surface area contributed by atoms with Crippen molar-refractivity contribution in [1.82, 2.24) is 4.90 Å². The van der Waals surface area contributed by atoms with Crippen molar-refractivity contribution in [2.45, 2.75) is 25.6 Å². The molecule has 5 heteroatoms. The van der Waals surface area contributed by atoms with Gasteiger partial charge in [-0.05, 0) is 49.5 Å². The molecule has 1 aromatic carbocycles. The van der Waals surface area contributed by atoms with Crippen molar-refractivity contribution in [2.75, 3.05) is 18.4 Å². The molecule has 1 aliphatic heterocycles. The lowest BCUT2D eigenvalue weighted by atomic mass is 9.98. The predicted octanol–water partition coefficient (Wildman–Crippen LogP) is 4.31. The first-order valence-electron chi connectivity index (χ1n) is 6.43. The summed E-state index contributed by atoms with van der Waals surface area (Å²) in [5, 5.41) is 1.04. The number of halogens is 4. The molecule has 1 aromatic rings. The fourth-order valence-corrected chi connectivity index (χ4v) is 3.00. The number of hydrogen-bond acceptors (Lipinski definition) is 1. The minimum absolute atomic E-state index is 0.575. The number of nitrogens with zero attached hydrogens (tertiary/aromatic N) is 1. The van der Waals surface area contributed by atoms with Crippen LogP contribution in [-0.2, 0) is 12.7 Å². The molecule has 1 saturated heterocycles. The second-order valence-electron chi connectivity index (χ2n) is 5.07. The molecule has 0 bridgehead atoms. The van der Waals surface area contributed by atoms with Gasteiger partial charge in [0.1, 0.15) is 0 Å². The monoisotopic (exact) mass is 335 g/mol. The molecule has 19 heavy (non-hydrogen) atoms. The summed E-state index contributed by atoms with van der Waals surface area (Å²) in [6.07, 6.45) is -1.93. The Kier molecular flexibility index (Phi) is 4.90. The van der Waals surface area contributed by atoms with Gasteiger partial charge in [0.2, 0.25) is 0 Å². The van der Waals surface area contributed by atoms with Gasteiger partial charge >= 0.3 is 6.18 Å². The summed E-state index contributed by atoms with van der Waals surface area (Å²) in [5.74, 6) is 0.740. The van der Waals surface area contributed by atoms with Crippen molar-refractivity contribution in [3.63, 3.8) is 0 Å². The van der Waals surface area contributed by atoms with Crippen LogP contribution in [0.1, 0.15) is 24.0 Å². The van der Waals surface area contributed by atoms with Crippen LogP contribution >= 0.6 is 15.9 Å². The molecule has 1 nitrogen and oxygen atoms in total. The largest absolute Gasteiger partial charge is 0.416 e. The summed E-state index contributed by atoms with van der Waals surface area (Å²) in [4.78, 5) is 2.31. The maximum Gasteiger partial charge on any atom is 0.416 e. The van der Waals surface area contributed by atoms with Gasteiger partial charge in [0.25, 0.3) is 0 Å². The highest BCUT2D eigenvalue weighted by Gasteiger charge is 2.30. The van der Waals surface area contributed by atoms with E-state index in [1.54, 1.807) is 12.1 Å². The highest BCUT2D eigenvalue weighted by molar-refractivity contribution is 9.09. The van der Waals surface area contributed by atoms with E-state index in [0.29, 0.717) is 0 Å². The molecule has 1 aliphatic rings. The van der Waals surface area contributed by atoms with Crippen LogP contribution in [0.3, 0.4) is 0 Å². The van der Waals surface area contributed by atoms with Crippen LogP contribution in [0.2, 0.25) is 0 Å². The minimum Gasteiger partial charge on any atom is -0.299 e. The molecule has 106 valence electrons. The highest BCUT2D eigenvalue weighted by Crippen LogP contribution is 2.29. The van der Waals surface area contributed by atoms with Gasteiger partial charge in [0.15, 0.2) is 0 Å². The highest BCUT2D eigenvalue weighted by atomic mass is 79.9. The van der Waals surface area contributed by atoms with E-state index in [2.05, 4.69) is 20.8 Å². The molecule has 1 fully saturated rings. The van der Waals surface area contributed by atoms with Gasteiger partial charge in [-0.15, -0.1) is 0 Å². The second-order valence-corrected chi connectivity index (χ2v) is 5.72. The maximum absolute atomic E-state index is 12.4. The fraction of sp³-hybridized carbons (Fsp3) is 0.571. The molecule has 0 aliphatic carbocycles. The SMILES string of the molecule is FC(F)(F)c1ccc(CN2CCC(CBr)CC2)cc1. The molecule has 0 N–H and O–H groups in total. The van der Waals surface area contributed by atoms with E-state index in [4.69, 9.17) is 0 Å². The standard InChI is InChI=1S/C14H17BrF3N/c15-9-11-5-7-19(8-6-11)10-12-1-3-13(4-2-12)14(16,17)18/h1-4,11H,5-10H2. The van der Waals surface area contributed by atoms with Crippen molar-refractivity contribution in [2.24, 2.45) is 5.92 Å². The Labute approximate surface area is 119 Å². The van der Waals surface area contributed by atoms with Gasteiger partial charge in [-0.25, -0.2) is 0 Å². The van der Waals surface area contributed by atoms with Crippen LogP contribution in [0, 0.1) is 5.92 Å². The van der Waals surface area contributed by atoms with Crippen molar-refractivity contribution in [1.29, 1.82) is 0 Å². The third-order valence-electron chi connectivity index (χ3n) is 3.61. The number of likely N-dealkylation sites (tertiary alicyclic amines) is 1. The zero-order valence-electron chi connectivity index (χ0n) is 10.6. The summed E-state index contributed by atoms with van der Waals surface area (Å²) in [6.45, 7) is 2.79. The fourth-order valence-electron chi connectivity index (χ4n) is 2.36. The van der Waals surface area contributed by atoms with Gasteiger partial charge in [0, 0.05) is 11.9 Å². The lowest BCUT2D eigenvalue weighted by Gasteiger charge is -2.31. The molecular weight excluding hydrogens is 319 g/mol. The van der Waals surface area contributed by atoms with Crippen LogP contribution in [-0.4, -0.2) is 23.3 Å². The Bertz CT molecular complexity index is 394. The summed E-state index contributed by atoms with van der Waals surface area (Å²) in [5.41, 5.74) is 0.375. The average molecular weight is 336 g/mol. The third-order valence-corrected chi connectivity index (χ3v) is 4.53. The van der Waals surface area contributed by atoms with Gasteiger partial charge in [-0.2, -0.15) is 13.2 Å². The van der Waals surface area contributed by atoms with E-state index in [-0.39, 0.29) is 0 Å². The molecule has 0 amide bonds. The lowest BCUT2D eigenvalue weighted by Crippen LogP contribution is -2.33. The van der Waals surface area contributed by atoms with E-state index in [1.165, 1.54) is 12.1 Å². The summed E-state index contributed by atoms with van der Waals surface area (Å²) < 4.78 is 37.3. The van der Waals surface area contributed by atoms with Crippen molar-refractivity contribution in [3.8, 4) is 0 Å². The Balaban J connectivity index is 1.90. The van der Waals surface area contributed by atoms with Crippen LogP contribution in [0.15, 0.2) is 24.3 Å². The Morgan fingerprint density at radius 3 is 2.16 bits per heavy atom. The average Bonchev–Trinajstić information content (AvgIpc) is 2.39. The van der Waals surface area contributed by atoms with Crippen molar-refractivity contribution in [3.05, 3.63) is 35.4 Å². The first-order valence-corrected chi connectivity index (χ1v) is 7.55. The van der Waals surface area contributed by atoms with E-state index in [9.17, 15) is 13.2 Å². The van der Waals surface area contributed by atoms with E-state index in [0.717, 1.165) is 49.3 Å². The maximum atomic E-state index is 12.4. The predicted molar refractivity (Wildman–Crippen MR) is 73.2 cm³/mol. The molecule has 0 saturated carbocycles. The summed E-state index contributed by atoms with van der Waals surface area (Å²) in [7, 11) is 0. The Hall–Kier alpha value is -0.550. The van der Waals surface area contributed by atoms with Crippen LogP contribution in [0.4, 0.5) is 13.2 Å². The number of benzene rings is 1. The third kappa shape index (κ3) is 4.21. The zero-order valence-corrected chi connectivity index (χ0v) is 12.2. The molecule has 0 spiro atoms. The number of alkyl halides is 4. The smallest absolute Gasteiger partial charge is 0.299 e. The first-order chi connectivity index (χ1) is 8.99. The van der Waals surface area contributed by atoms with Gasteiger partial charge < -0.3 is 0 Å². The van der Waals surface area contributed by atoms with Crippen molar-refractivity contribution < 1.29 is 13.2 Å².